The van der Waals surface area contributed by atoms with E-state index in [0.717, 1.165) is 95.3 Å². The minimum absolute atomic E-state index is 0.0364. The molecule has 79 heavy (non-hydrogen) atoms. The first-order valence-electron chi connectivity index (χ1n) is 31.2. The Morgan fingerprint density at radius 3 is 1.23 bits per heavy atom. The van der Waals surface area contributed by atoms with Crippen molar-refractivity contribution in [2.45, 2.75) is 298 Å². The van der Waals surface area contributed by atoms with E-state index in [0.29, 0.717) is 67.8 Å². The number of esters is 5. The maximum Gasteiger partial charge on any atom is 0.509 e. The van der Waals surface area contributed by atoms with E-state index in [-0.39, 0.29) is 40.5 Å². The van der Waals surface area contributed by atoms with E-state index in [4.69, 9.17) is 33.2 Å². The Morgan fingerprint density at radius 2 is 0.861 bits per heavy atom. The van der Waals surface area contributed by atoms with Crippen LogP contribution in [0.1, 0.15) is 258 Å². The topological polar surface area (TPSA) is 187 Å². The third kappa shape index (κ3) is 14.2. The molecule has 12 bridgehead atoms. The average molecular weight is 1110 g/mol. The molecule has 0 aromatic carbocycles. The molecular formula is C65H106O14. The van der Waals surface area contributed by atoms with Crippen LogP contribution in [0, 0.1) is 69.0 Å². The second kappa shape index (κ2) is 23.0. The number of carbonyl (C=O) groups excluding carboxylic acids is 6. The second-order valence-corrected chi connectivity index (χ2v) is 30.8. The molecule has 14 heteroatoms. The SMILES string of the molecule is CCC(C)(C)C(=O)OC1(CC)C2CC3CC(C2)CC1C3.CCC(C)(C)C(=O)OC12CC3CC(CC(O)(C3)C1)C2.CCC(C)(C)C(=O)OC12CC3CC(CC(OC(=O)OC(C)(C)C)(C3)C1)C2.CCC(C)(C)C(=O)OC1CCOC1=O. The van der Waals surface area contributed by atoms with Gasteiger partial charge in [0.15, 0.2) is 0 Å². The van der Waals surface area contributed by atoms with E-state index >= 15 is 0 Å². The Balaban J connectivity index is 0.000000156. The van der Waals surface area contributed by atoms with Gasteiger partial charge in [-0.25, -0.2) is 9.59 Å². The highest BCUT2D eigenvalue weighted by Gasteiger charge is 2.64. The van der Waals surface area contributed by atoms with E-state index in [9.17, 15) is 33.9 Å². The van der Waals surface area contributed by atoms with Crippen molar-refractivity contribution in [2.24, 2.45) is 69.0 Å². The molecule has 0 amide bonds. The number of hydrogen-bond acceptors (Lipinski definition) is 14. The smallest absolute Gasteiger partial charge is 0.463 e. The summed E-state index contributed by atoms with van der Waals surface area (Å²) < 4.78 is 39.4. The minimum Gasteiger partial charge on any atom is -0.463 e. The van der Waals surface area contributed by atoms with E-state index in [2.05, 4.69) is 13.8 Å². The molecule has 13 rings (SSSR count). The molecule has 0 aromatic heterocycles. The Bertz CT molecular complexity index is 2170. The van der Waals surface area contributed by atoms with Gasteiger partial charge in [0.2, 0.25) is 6.10 Å². The summed E-state index contributed by atoms with van der Waals surface area (Å²) >= 11 is 0. The number of ether oxygens (including phenoxy) is 7. The maximum atomic E-state index is 12.7. The molecule has 450 valence electrons. The maximum absolute atomic E-state index is 12.7. The first kappa shape index (κ1) is 63.2. The van der Waals surface area contributed by atoms with E-state index < -0.39 is 56.9 Å². The molecule has 1 saturated heterocycles. The monoisotopic (exact) mass is 1110 g/mol. The van der Waals surface area contributed by atoms with E-state index in [1.54, 1.807) is 13.8 Å². The molecule has 13 aliphatic rings. The Hall–Kier alpha value is -3.42. The lowest BCUT2D eigenvalue weighted by atomic mass is 9.49. The minimum atomic E-state index is -0.687. The summed E-state index contributed by atoms with van der Waals surface area (Å²) in [5.74, 6) is 4.23. The highest BCUT2D eigenvalue weighted by molar-refractivity contribution is 5.83. The Kier molecular flexibility index (Phi) is 18.4. The highest BCUT2D eigenvalue weighted by Crippen LogP contribution is 2.63. The third-order valence-corrected chi connectivity index (χ3v) is 21.5. The number of cyclic esters (lactones) is 1. The lowest BCUT2D eigenvalue weighted by molar-refractivity contribution is -0.230. The first-order valence-corrected chi connectivity index (χ1v) is 31.2. The molecule has 1 aliphatic heterocycles. The zero-order valence-corrected chi connectivity index (χ0v) is 51.9. The molecular weight excluding hydrogens is 1000 g/mol. The summed E-state index contributed by atoms with van der Waals surface area (Å²) in [6.07, 6.45) is 20.9. The van der Waals surface area contributed by atoms with Gasteiger partial charge in [-0.15, -0.1) is 0 Å². The van der Waals surface area contributed by atoms with Crippen molar-refractivity contribution in [1.29, 1.82) is 0 Å². The zero-order valence-electron chi connectivity index (χ0n) is 51.9. The van der Waals surface area contributed by atoms with Gasteiger partial charge in [0.25, 0.3) is 0 Å². The average Bonchev–Trinajstić information content (AvgIpc) is 3.85. The van der Waals surface area contributed by atoms with Crippen LogP contribution in [-0.4, -0.2) is 87.4 Å². The molecule has 0 spiro atoms. The summed E-state index contributed by atoms with van der Waals surface area (Å²) in [6.45, 7) is 31.5. The molecule has 5 unspecified atom stereocenters. The van der Waals surface area contributed by atoms with Crippen molar-refractivity contribution in [3.05, 3.63) is 0 Å². The molecule has 12 aliphatic carbocycles. The van der Waals surface area contributed by atoms with Gasteiger partial charge < -0.3 is 38.3 Å². The van der Waals surface area contributed by atoms with Crippen LogP contribution in [0.25, 0.3) is 0 Å². The lowest BCUT2D eigenvalue weighted by Gasteiger charge is -2.60. The van der Waals surface area contributed by atoms with Gasteiger partial charge in [-0.05, 0) is 252 Å². The van der Waals surface area contributed by atoms with Crippen LogP contribution in [-0.2, 0) is 57.1 Å². The summed E-state index contributed by atoms with van der Waals surface area (Å²) in [5.41, 5.74) is -4.39. The van der Waals surface area contributed by atoms with Gasteiger partial charge in [-0.3, -0.25) is 19.2 Å². The largest absolute Gasteiger partial charge is 0.509 e. The molecule has 5 atom stereocenters. The van der Waals surface area contributed by atoms with Crippen LogP contribution in [0.5, 0.6) is 0 Å². The fraction of sp³-hybridized carbons (Fsp3) is 0.908. The van der Waals surface area contributed by atoms with Gasteiger partial charge >= 0.3 is 36.0 Å². The zero-order chi connectivity index (χ0) is 58.6. The molecule has 12 saturated carbocycles. The van der Waals surface area contributed by atoms with Crippen molar-refractivity contribution in [3.8, 4) is 0 Å². The lowest BCUT2D eigenvalue weighted by Crippen LogP contribution is -2.62. The number of rotatable bonds is 14. The van der Waals surface area contributed by atoms with Crippen molar-refractivity contribution in [3.63, 3.8) is 0 Å². The predicted molar refractivity (Wildman–Crippen MR) is 300 cm³/mol. The van der Waals surface area contributed by atoms with Crippen molar-refractivity contribution < 1.29 is 67.0 Å². The Labute approximate surface area is 475 Å². The normalized spacial score (nSPS) is 37.2. The van der Waals surface area contributed by atoms with Crippen LogP contribution >= 0.6 is 0 Å². The van der Waals surface area contributed by atoms with Crippen LogP contribution in [0.2, 0.25) is 0 Å². The molecule has 14 nitrogen and oxygen atoms in total. The van der Waals surface area contributed by atoms with Gasteiger partial charge in [0.1, 0.15) is 28.0 Å². The number of aliphatic hydroxyl groups is 1. The fourth-order valence-electron chi connectivity index (χ4n) is 16.3. The van der Waals surface area contributed by atoms with Crippen molar-refractivity contribution in [2.75, 3.05) is 6.61 Å². The van der Waals surface area contributed by atoms with Crippen molar-refractivity contribution >= 4 is 36.0 Å². The van der Waals surface area contributed by atoms with Gasteiger partial charge in [0, 0.05) is 19.3 Å². The van der Waals surface area contributed by atoms with Gasteiger partial charge in [0.05, 0.1) is 33.9 Å². The molecule has 1 heterocycles. The molecule has 13 fully saturated rings. The van der Waals surface area contributed by atoms with Crippen LogP contribution in [0.15, 0.2) is 0 Å². The molecule has 0 aromatic rings. The Morgan fingerprint density at radius 1 is 0.494 bits per heavy atom. The summed E-state index contributed by atoms with van der Waals surface area (Å²) in [6, 6.07) is 0. The van der Waals surface area contributed by atoms with Gasteiger partial charge in [-0.1, -0.05) is 34.6 Å². The van der Waals surface area contributed by atoms with Crippen LogP contribution < -0.4 is 0 Å². The number of hydrogen-bond donors (Lipinski definition) is 1. The van der Waals surface area contributed by atoms with Crippen LogP contribution in [0.3, 0.4) is 0 Å². The summed E-state index contributed by atoms with van der Waals surface area (Å²) in [4.78, 5) is 72.7. The second-order valence-electron chi connectivity index (χ2n) is 30.8. The fourth-order valence-corrected chi connectivity index (χ4v) is 16.3. The number of carbonyl (C=O) groups is 6. The molecule has 0 radical (unpaired) electrons. The van der Waals surface area contributed by atoms with Crippen LogP contribution in [0.4, 0.5) is 4.79 Å². The van der Waals surface area contributed by atoms with E-state index in [1.807, 2.05) is 83.1 Å². The predicted octanol–water partition coefficient (Wildman–Crippen LogP) is 13.9. The summed E-state index contributed by atoms with van der Waals surface area (Å²) in [7, 11) is 0. The van der Waals surface area contributed by atoms with Gasteiger partial charge in [-0.2, -0.15) is 0 Å². The van der Waals surface area contributed by atoms with E-state index in [1.165, 1.54) is 38.5 Å². The first-order chi connectivity index (χ1) is 36.5. The highest BCUT2D eigenvalue weighted by atomic mass is 16.7. The standard InChI is InChI=1S/C21H34O5.C18H30O2.C16H26O3.C10H16O4/c1-7-19(5,6)16(22)24-20-9-14-8-15(10-20)12-21(11-14,13-20)26-17(23)25-18(2,3)4;1-5-17(3,4)16(19)20-18(6-2)14-8-12-7-13(10-14)11-15(18)9-12;1-4-14(2,3)13(17)19-16-8-11-5-12(9-16)7-15(18,6-11)10-16;1-4-10(2,3)9(12)14-7-5-6-13-8(7)11/h14-15H,7-13H2,1-6H3;12-15H,5-11H2,1-4H3;11-12,18H,4-10H2,1-3H3;7H,4-6H2,1-3H3. The quantitative estimate of drug-likeness (QED) is 0.128. The van der Waals surface area contributed by atoms with Crippen molar-refractivity contribution in [1.82, 2.24) is 0 Å². The summed E-state index contributed by atoms with van der Waals surface area (Å²) in [5, 5.41) is 10.6. The molecule has 1 N–H and O–H groups in total. The third-order valence-electron chi connectivity index (χ3n) is 21.5.